The van der Waals surface area contributed by atoms with Gasteiger partial charge in [-0.2, -0.15) is 0 Å². The van der Waals surface area contributed by atoms with Gasteiger partial charge in [0.05, 0.1) is 17.3 Å². The Labute approximate surface area is 112 Å². The third-order valence-corrected chi connectivity index (χ3v) is 3.65. The van der Waals surface area contributed by atoms with Gasteiger partial charge in [-0.3, -0.25) is 4.98 Å². The van der Waals surface area contributed by atoms with Gasteiger partial charge in [0.2, 0.25) is 0 Å². The summed E-state index contributed by atoms with van der Waals surface area (Å²) in [6, 6.07) is 10.4. The van der Waals surface area contributed by atoms with Crippen molar-refractivity contribution in [3.05, 3.63) is 41.0 Å². The topological polar surface area (TPSA) is 28.2 Å². The van der Waals surface area contributed by atoms with E-state index in [1.54, 1.807) is 0 Å². The van der Waals surface area contributed by atoms with E-state index in [2.05, 4.69) is 29.4 Å². The molecule has 1 N–H and O–H groups in total. The third-order valence-electron chi connectivity index (χ3n) is 3.41. The second-order valence-corrected chi connectivity index (χ2v) is 5.28. The van der Waals surface area contributed by atoms with E-state index in [-0.39, 0.29) is 0 Å². The van der Waals surface area contributed by atoms with E-state index in [0.29, 0.717) is 6.04 Å². The molecule has 0 amide bonds. The number of rotatable bonds is 1. The van der Waals surface area contributed by atoms with Gasteiger partial charge in [-0.25, -0.2) is 0 Å². The van der Waals surface area contributed by atoms with Crippen LogP contribution in [0.15, 0.2) is 30.3 Å². The molecule has 94 valence electrons. The lowest BCUT2D eigenvalue weighted by Gasteiger charge is -2.30. The van der Waals surface area contributed by atoms with E-state index < -0.39 is 0 Å². The van der Waals surface area contributed by atoms with E-state index in [0.717, 1.165) is 41.3 Å². The Morgan fingerprint density at radius 2 is 2.17 bits per heavy atom. The molecule has 1 aliphatic rings. The maximum Gasteiger partial charge on any atom is 0.0720 e. The number of piperazine rings is 1. The first-order valence-corrected chi connectivity index (χ1v) is 6.58. The molecule has 0 bridgehead atoms. The predicted molar refractivity (Wildman–Crippen MR) is 75.0 cm³/mol. The Morgan fingerprint density at radius 3 is 3.00 bits per heavy atom. The van der Waals surface area contributed by atoms with Crippen molar-refractivity contribution >= 4 is 22.5 Å². The van der Waals surface area contributed by atoms with Crippen LogP contribution in [0.5, 0.6) is 0 Å². The molecule has 3 rings (SSSR count). The minimum Gasteiger partial charge on any atom is -0.306 e. The van der Waals surface area contributed by atoms with Crippen molar-refractivity contribution in [3.8, 4) is 0 Å². The van der Waals surface area contributed by atoms with Crippen LogP contribution in [0.25, 0.3) is 10.9 Å². The summed E-state index contributed by atoms with van der Waals surface area (Å²) in [4.78, 5) is 7.04. The number of hydrogen-bond acceptors (Lipinski definition) is 3. The number of fused-ring (bicyclic) bond motifs is 1. The lowest BCUT2D eigenvalue weighted by molar-refractivity contribution is 0.238. The molecule has 1 atom stereocenters. The van der Waals surface area contributed by atoms with Gasteiger partial charge in [0.25, 0.3) is 0 Å². The summed E-state index contributed by atoms with van der Waals surface area (Å²) >= 11 is 6.02. The number of hydrogen-bond donors (Lipinski definition) is 1. The van der Waals surface area contributed by atoms with Crippen LogP contribution in [0, 0.1) is 0 Å². The van der Waals surface area contributed by atoms with Crippen LogP contribution < -0.4 is 5.32 Å². The average molecular weight is 262 g/mol. The largest absolute Gasteiger partial charge is 0.306 e. The minimum absolute atomic E-state index is 0.312. The van der Waals surface area contributed by atoms with Crippen molar-refractivity contribution in [1.29, 1.82) is 0 Å². The number of likely N-dealkylation sites (N-methyl/N-ethyl adjacent to an activating group) is 1. The van der Waals surface area contributed by atoms with Crippen molar-refractivity contribution in [3.63, 3.8) is 0 Å². The first-order chi connectivity index (χ1) is 8.72. The zero-order valence-electron chi connectivity index (χ0n) is 10.4. The molecule has 1 saturated heterocycles. The molecular weight excluding hydrogens is 246 g/mol. The standard InChI is InChI=1S/C14H16ClN3/c1-18-7-6-16-14(9-18)12-5-3-10-2-4-11(15)8-13(10)17-12/h2-5,8,14,16H,6-7,9H2,1H3. The van der Waals surface area contributed by atoms with Gasteiger partial charge in [0.15, 0.2) is 0 Å². The molecule has 1 fully saturated rings. The van der Waals surface area contributed by atoms with Gasteiger partial charge in [0.1, 0.15) is 0 Å². The Kier molecular flexibility index (Phi) is 3.20. The predicted octanol–water partition coefficient (Wildman–Crippen LogP) is 2.46. The molecule has 0 aliphatic carbocycles. The van der Waals surface area contributed by atoms with Gasteiger partial charge in [-0.1, -0.05) is 23.7 Å². The average Bonchev–Trinajstić information content (AvgIpc) is 2.38. The van der Waals surface area contributed by atoms with Crippen LogP contribution in [-0.4, -0.2) is 36.6 Å². The van der Waals surface area contributed by atoms with Crippen molar-refractivity contribution in [2.24, 2.45) is 0 Å². The normalized spacial score (nSPS) is 21.3. The van der Waals surface area contributed by atoms with Crippen molar-refractivity contribution in [1.82, 2.24) is 15.2 Å². The van der Waals surface area contributed by atoms with Gasteiger partial charge < -0.3 is 10.2 Å². The summed E-state index contributed by atoms with van der Waals surface area (Å²) in [5.74, 6) is 0. The number of halogens is 1. The first-order valence-electron chi connectivity index (χ1n) is 6.20. The third kappa shape index (κ3) is 2.34. The molecule has 2 heterocycles. The van der Waals surface area contributed by atoms with E-state index in [4.69, 9.17) is 16.6 Å². The highest BCUT2D eigenvalue weighted by atomic mass is 35.5. The van der Waals surface area contributed by atoms with Crippen LogP contribution in [0.3, 0.4) is 0 Å². The maximum atomic E-state index is 6.02. The molecular formula is C14H16ClN3. The first kappa shape index (κ1) is 11.9. The molecule has 1 aromatic carbocycles. The van der Waals surface area contributed by atoms with E-state index in [1.807, 2.05) is 18.2 Å². The number of nitrogens with zero attached hydrogens (tertiary/aromatic N) is 2. The van der Waals surface area contributed by atoms with E-state index in [9.17, 15) is 0 Å². The second-order valence-electron chi connectivity index (χ2n) is 4.84. The molecule has 1 aliphatic heterocycles. The van der Waals surface area contributed by atoms with Crippen LogP contribution in [0.4, 0.5) is 0 Å². The fourth-order valence-electron chi connectivity index (χ4n) is 2.40. The minimum atomic E-state index is 0.312. The maximum absolute atomic E-state index is 6.02. The number of nitrogens with one attached hydrogen (secondary N) is 1. The van der Waals surface area contributed by atoms with Gasteiger partial charge >= 0.3 is 0 Å². The molecule has 1 aromatic heterocycles. The highest BCUT2D eigenvalue weighted by Gasteiger charge is 2.19. The van der Waals surface area contributed by atoms with Gasteiger partial charge in [-0.05, 0) is 25.2 Å². The Balaban J connectivity index is 1.96. The summed E-state index contributed by atoms with van der Waals surface area (Å²) < 4.78 is 0. The van der Waals surface area contributed by atoms with E-state index >= 15 is 0 Å². The fourth-order valence-corrected chi connectivity index (χ4v) is 2.56. The molecule has 0 spiro atoms. The summed E-state index contributed by atoms with van der Waals surface area (Å²) in [5.41, 5.74) is 2.06. The smallest absolute Gasteiger partial charge is 0.0720 e. The fraction of sp³-hybridized carbons (Fsp3) is 0.357. The highest BCUT2D eigenvalue weighted by molar-refractivity contribution is 6.31. The monoisotopic (exact) mass is 261 g/mol. The van der Waals surface area contributed by atoms with Crippen LogP contribution in [0.2, 0.25) is 5.02 Å². The second kappa shape index (κ2) is 4.84. The number of pyridine rings is 1. The zero-order chi connectivity index (χ0) is 12.5. The number of aromatic nitrogens is 1. The van der Waals surface area contributed by atoms with Crippen molar-refractivity contribution in [2.45, 2.75) is 6.04 Å². The lowest BCUT2D eigenvalue weighted by atomic mass is 10.1. The quantitative estimate of drug-likeness (QED) is 0.855. The van der Waals surface area contributed by atoms with Crippen molar-refractivity contribution in [2.75, 3.05) is 26.7 Å². The Bertz CT molecular complexity index is 570. The van der Waals surface area contributed by atoms with Gasteiger partial charge in [0, 0.05) is 30.0 Å². The Morgan fingerprint density at radius 1 is 1.33 bits per heavy atom. The number of benzene rings is 1. The molecule has 0 radical (unpaired) electrons. The molecule has 2 aromatic rings. The lowest BCUT2D eigenvalue weighted by Crippen LogP contribution is -2.43. The zero-order valence-corrected chi connectivity index (χ0v) is 11.1. The summed E-state index contributed by atoms with van der Waals surface area (Å²) in [7, 11) is 2.14. The van der Waals surface area contributed by atoms with Crippen LogP contribution >= 0.6 is 11.6 Å². The van der Waals surface area contributed by atoms with Crippen LogP contribution in [0.1, 0.15) is 11.7 Å². The molecule has 1 unspecified atom stereocenters. The van der Waals surface area contributed by atoms with Crippen LogP contribution in [-0.2, 0) is 0 Å². The Hall–Kier alpha value is -1.16. The summed E-state index contributed by atoms with van der Waals surface area (Å²) in [5, 5.41) is 5.38. The van der Waals surface area contributed by atoms with Gasteiger partial charge in [-0.15, -0.1) is 0 Å². The van der Waals surface area contributed by atoms with E-state index in [1.165, 1.54) is 0 Å². The highest BCUT2D eigenvalue weighted by Crippen LogP contribution is 2.21. The van der Waals surface area contributed by atoms with Crippen molar-refractivity contribution < 1.29 is 0 Å². The summed E-state index contributed by atoms with van der Waals surface area (Å²) in [6.07, 6.45) is 0. The molecule has 0 saturated carbocycles. The SMILES string of the molecule is CN1CCNC(c2ccc3ccc(Cl)cc3n2)C1. The molecule has 4 heteroatoms. The molecule has 3 nitrogen and oxygen atoms in total. The summed E-state index contributed by atoms with van der Waals surface area (Å²) in [6.45, 7) is 3.10. The molecule has 18 heavy (non-hydrogen) atoms.